The Balaban J connectivity index is 0.0000000973. The van der Waals surface area contributed by atoms with Crippen LogP contribution in [0.3, 0.4) is 0 Å². The van der Waals surface area contributed by atoms with E-state index in [4.69, 9.17) is 4.42 Å². The Labute approximate surface area is 776 Å². The first-order chi connectivity index (χ1) is 65.3. The number of thiophene rings is 1. The van der Waals surface area contributed by atoms with Crippen LogP contribution < -0.4 is 14.7 Å². The average molecular weight is 1720 g/mol. The van der Waals surface area contributed by atoms with E-state index in [1.165, 1.54) is 234 Å². The van der Waals surface area contributed by atoms with E-state index in [-0.39, 0.29) is 16.2 Å². The van der Waals surface area contributed by atoms with Crippen molar-refractivity contribution in [1.29, 1.82) is 0 Å². The molecule has 0 atom stereocenters. The van der Waals surface area contributed by atoms with E-state index in [2.05, 4.69) is 389 Å². The minimum absolute atomic E-state index is 0.151. The molecule has 15 aliphatic rings. The Morgan fingerprint density at radius 1 is 0.212 bits per heavy atom. The van der Waals surface area contributed by atoms with Crippen LogP contribution in [0, 0.1) is 71.0 Å². The molecule has 3 aromatic heterocycles. The van der Waals surface area contributed by atoms with Crippen molar-refractivity contribution in [2.24, 2.45) is 71.0 Å². The summed E-state index contributed by atoms with van der Waals surface area (Å²) in [7, 11) is 0. The molecule has 0 unspecified atom stereocenters. The molecule has 3 spiro atoms. The maximum absolute atomic E-state index is 6.36. The summed E-state index contributed by atoms with van der Waals surface area (Å²) in [5, 5.41) is 7.63. The third-order valence-electron chi connectivity index (χ3n) is 35.6. The average Bonchev–Trinajstić information content (AvgIpc) is 1.51. The molecule has 132 heavy (non-hydrogen) atoms. The van der Waals surface area contributed by atoms with E-state index < -0.39 is 0 Å². The van der Waals surface area contributed by atoms with Crippen LogP contribution in [0.1, 0.15) is 130 Å². The molecule has 0 aliphatic heterocycles. The molecule has 640 valence electrons. The van der Waals surface area contributed by atoms with Crippen molar-refractivity contribution in [3.63, 3.8) is 0 Å². The van der Waals surface area contributed by atoms with Crippen LogP contribution in [0.2, 0.25) is 0 Å². The second-order valence-electron chi connectivity index (χ2n) is 41.8. The first-order valence-electron chi connectivity index (χ1n) is 49.5. The number of anilines is 9. The van der Waals surface area contributed by atoms with Gasteiger partial charge in [-0.05, 0) is 380 Å². The van der Waals surface area contributed by atoms with Gasteiger partial charge in [0.1, 0.15) is 11.2 Å². The van der Waals surface area contributed by atoms with Crippen LogP contribution in [-0.4, -0.2) is 4.57 Å². The number of para-hydroxylation sites is 6. The summed E-state index contributed by atoms with van der Waals surface area (Å²) in [4.78, 5) is 7.40. The summed E-state index contributed by atoms with van der Waals surface area (Å²) in [6, 6.07) is 141. The van der Waals surface area contributed by atoms with Crippen molar-refractivity contribution >= 4 is 126 Å². The fourth-order valence-corrected chi connectivity index (χ4v) is 32.7. The zero-order valence-corrected chi connectivity index (χ0v) is 75.3. The van der Waals surface area contributed by atoms with Gasteiger partial charge in [-0.3, -0.25) is 0 Å². The maximum atomic E-state index is 6.36. The van der Waals surface area contributed by atoms with Crippen LogP contribution in [-0.2, 0) is 16.2 Å². The molecule has 0 radical (unpaired) electrons. The molecular weight excluding hydrogens is 1620 g/mol. The highest BCUT2D eigenvalue weighted by Crippen LogP contribution is 2.74. The fourth-order valence-electron chi connectivity index (χ4n) is 31.6. The van der Waals surface area contributed by atoms with E-state index in [9.17, 15) is 0 Å². The summed E-state index contributed by atoms with van der Waals surface area (Å²) in [5.41, 5.74) is 35.4. The van der Waals surface area contributed by atoms with Crippen LogP contribution in [0.25, 0.3) is 103 Å². The predicted molar refractivity (Wildman–Crippen MR) is 548 cm³/mol. The van der Waals surface area contributed by atoms with Crippen molar-refractivity contribution in [1.82, 2.24) is 4.57 Å². The number of furan rings is 1. The Morgan fingerprint density at radius 3 is 0.939 bits per heavy atom. The lowest BCUT2D eigenvalue weighted by molar-refractivity contribution is -0.0399. The predicted octanol–water partition coefficient (Wildman–Crippen LogP) is 34.0. The summed E-state index contributed by atoms with van der Waals surface area (Å²) in [6.45, 7) is 0. The van der Waals surface area contributed by atoms with Crippen molar-refractivity contribution in [3.8, 4) is 39.1 Å². The van der Waals surface area contributed by atoms with Crippen molar-refractivity contribution in [3.05, 3.63) is 409 Å². The topological polar surface area (TPSA) is 27.8 Å². The molecule has 0 saturated heterocycles. The minimum Gasteiger partial charge on any atom is -0.456 e. The van der Waals surface area contributed by atoms with Gasteiger partial charge in [0.05, 0.1) is 11.0 Å². The fraction of sp³-hybridized carbons (Fsp3) is 0.238. The monoisotopic (exact) mass is 1720 g/mol. The van der Waals surface area contributed by atoms with Gasteiger partial charge in [0.25, 0.3) is 0 Å². The molecule has 12 saturated carbocycles. The molecule has 6 heteroatoms. The lowest BCUT2D eigenvalue weighted by Crippen LogP contribution is -2.55. The lowest BCUT2D eigenvalue weighted by atomic mass is 9.43. The Kier molecular flexibility index (Phi) is 17.0. The second kappa shape index (κ2) is 29.4. The molecule has 0 N–H and O–H groups in total. The highest BCUT2D eigenvalue weighted by Gasteiger charge is 2.65. The van der Waals surface area contributed by atoms with Crippen molar-refractivity contribution in [2.75, 3.05) is 14.7 Å². The zero-order valence-electron chi connectivity index (χ0n) is 74.4. The van der Waals surface area contributed by atoms with Gasteiger partial charge in [-0.2, -0.15) is 0 Å². The quantitative estimate of drug-likeness (QED) is 0.136. The van der Waals surface area contributed by atoms with Crippen molar-refractivity contribution in [2.45, 2.75) is 113 Å². The largest absolute Gasteiger partial charge is 0.456 e. The molecule has 12 bridgehead atoms. The smallest absolute Gasteiger partial charge is 0.137 e. The summed E-state index contributed by atoms with van der Waals surface area (Å²) < 4.78 is 11.5. The Hall–Kier alpha value is -13.3. The first-order valence-corrected chi connectivity index (χ1v) is 50.3. The molecular formula is C126H104N4OS. The maximum Gasteiger partial charge on any atom is 0.137 e. The van der Waals surface area contributed by atoms with Gasteiger partial charge in [0.2, 0.25) is 0 Å². The SMILES string of the molecule is c1ccc(N(c2ccc(-n3c4ccccc4c4ccccc43)cc2)c2ccc3c(c2)C2(c4ccccc4-3)C3CC4CC(C3)CC2C4)cc1.c1ccc(N(c2ccc3c(c2)C2(c4ccccc4-3)C3CC4CC(C3)CC2C4)c2ccc3c(c2)oc2ccccc23)cc1.c1ccc(N(c2ccc3c(c2)C2(c4ccccc4-3)C3CC4CC(C3)CC2C4)c2ccc3c(c2)sc2ccccc23)cc1. The molecule has 19 aromatic rings. The molecule has 15 aliphatic carbocycles. The summed E-state index contributed by atoms with van der Waals surface area (Å²) in [5.74, 6) is 10.2. The lowest BCUT2D eigenvalue weighted by Gasteiger charge is -2.61. The van der Waals surface area contributed by atoms with Crippen LogP contribution in [0.4, 0.5) is 51.2 Å². The van der Waals surface area contributed by atoms with Crippen molar-refractivity contribution < 1.29 is 4.42 Å². The van der Waals surface area contributed by atoms with Gasteiger partial charge in [0, 0.05) is 121 Å². The van der Waals surface area contributed by atoms with Gasteiger partial charge >= 0.3 is 0 Å². The molecule has 34 rings (SSSR count). The van der Waals surface area contributed by atoms with Gasteiger partial charge in [0.15, 0.2) is 0 Å². The third kappa shape index (κ3) is 11.1. The molecule has 3 heterocycles. The van der Waals surface area contributed by atoms with E-state index in [1.54, 1.807) is 33.4 Å². The van der Waals surface area contributed by atoms with Gasteiger partial charge < -0.3 is 23.7 Å². The second-order valence-corrected chi connectivity index (χ2v) is 42.9. The number of benzene rings is 16. The zero-order chi connectivity index (χ0) is 86.2. The highest BCUT2D eigenvalue weighted by molar-refractivity contribution is 7.25. The van der Waals surface area contributed by atoms with Gasteiger partial charge in [-0.15, -0.1) is 11.3 Å². The summed E-state index contributed by atoms with van der Waals surface area (Å²) in [6.07, 6.45) is 21.3. The number of fused-ring (bicyclic) bond motifs is 18. The highest BCUT2D eigenvalue weighted by atomic mass is 32.1. The molecule has 0 amide bonds. The number of aromatic nitrogens is 1. The standard InChI is InChI=1S/C46H38N2.C40H33NO.C40H33NS/c1-2-10-34(11-3-1)47(35-18-20-36(21-19-35)48-44-16-8-5-13-40(44)41-14-6-9-17-45(41)48)37-22-23-39-38-12-4-7-15-42(38)46(43(39)29-37)32-25-30-24-31(27-32)28-33(46)26-30;2*1-2-8-29(9-3-1)41(31-15-17-35-34-11-5-7-13-38(34)42-39(35)24-31)30-14-16-33-32-10-4-6-12-36(32)40(37(33)23-30)27-19-25-18-26(21-27)22-28(40)20-25/h1-23,29-33H,24-28H2;2*1-17,23-28H,18-22H2. The van der Waals surface area contributed by atoms with Crippen LogP contribution in [0.15, 0.2) is 381 Å². The van der Waals surface area contributed by atoms with Crippen LogP contribution in [0.5, 0.6) is 0 Å². The summed E-state index contributed by atoms with van der Waals surface area (Å²) >= 11 is 1.90. The van der Waals surface area contributed by atoms with Gasteiger partial charge in [-0.1, -0.05) is 224 Å². The first kappa shape index (κ1) is 76.4. The molecule has 5 nitrogen and oxygen atoms in total. The number of nitrogens with zero attached hydrogens (tertiary/aromatic N) is 4. The normalized spacial score (nSPS) is 26.0. The van der Waals surface area contributed by atoms with Crippen LogP contribution >= 0.6 is 11.3 Å². The molecule has 12 fully saturated rings. The number of hydrogen-bond donors (Lipinski definition) is 0. The third-order valence-corrected chi connectivity index (χ3v) is 36.8. The number of rotatable bonds is 10. The Bertz CT molecular complexity index is 7430. The minimum atomic E-state index is 0.151. The molecule has 16 aromatic carbocycles. The van der Waals surface area contributed by atoms with E-state index in [0.717, 1.165) is 87.9 Å². The van der Waals surface area contributed by atoms with E-state index >= 15 is 0 Å². The van der Waals surface area contributed by atoms with E-state index in [0.29, 0.717) is 0 Å². The van der Waals surface area contributed by atoms with Gasteiger partial charge in [-0.25, -0.2) is 0 Å². The Morgan fingerprint density at radius 2 is 0.508 bits per heavy atom. The van der Waals surface area contributed by atoms with E-state index in [1.807, 2.05) is 17.4 Å². The number of hydrogen-bond acceptors (Lipinski definition) is 5.